The van der Waals surface area contributed by atoms with Gasteiger partial charge in [0.1, 0.15) is 11.9 Å². The van der Waals surface area contributed by atoms with Crippen molar-refractivity contribution in [3.05, 3.63) is 29.6 Å². The van der Waals surface area contributed by atoms with E-state index in [1.165, 1.54) is 12.1 Å². The van der Waals surface area contributed by atoms with Crippen molar-refractivity contribution < 1.29 is 4.39 Å². The molecule has 0 unspecified atom stereocenters. The molecule has 0 fully saturated rings. The van der Waals surface area contributed by atoms with Gasteiger partial charge in [-0.05, 0) is 24.1 Å². The fourth-order valence-electron chi connectivity index (χ4n) is 1.58. The largest absolute Gasteiger partial charge is 0.373 e. The number of benzene rings is 1. The van der Waals surface area contributed by atoms with Crippen molar-refractivity contribution in [2.24, 2.45) is 5.92 Å². The van der Waals surface area contributed by atoms with E-state index in [1.54, 1.807) is 6.07 Å². The SMILES string of the molecule is CC(C)CN(C)c1ccc(F)cc1C#N. The minimum absolute atomic E-state index is 0.367. The number of nitrogens with zero attached hydrogens (tertiary/aromatic N) is 2. The van der Waals surface area contributed by atoms with Crippen molar-refractivity contribution in [2.75, 3.05) is 18.5 Å². The second-order valence-electron chi connectivity index (χ2n) is 4.05. The number of nitriles is 1. The van der Waals surface area contributed by atoms with Gasteiger partial charge in [0.05, 0.1) is 11.3 Å². The van der Waals surface area contributed by atoms with E-state index in [0.717, 1.165) is 12.2 Å². The molecule has 0 aromatic heterocycles. The summed E-state index contributed by atoms with van der Waals surface area (Å²) in [6.45, 7) is 5.05. The second-order valence-corrected chi connectivity index (χ2v) is 4.05. The van der Waals surface area contributed by atoms with E-state index in [9.17, 15) is 4.39 Å². The summed E-state index contributed by atoms with van der Waals surface area (Å²) in [6.07, 6.45) is 0. The van der Waals surface area contributed by atoms with Crippen LogP contribution in [0.1, 0.15) is 19.4 Å². The fraction of sp³-hybridized carbons (Fsp3) is 0.417. The van der Waals surface area contributed by atoms with Crippen LogP contribution in [0.4, 0.5) is 10.1 Å². The highest BCUT2D eigenvalue weighted by molar-refractivity contribution is 5.58. The third-order valence-corrected chi connectivity index (χ3v) is 2.13. The van der Waals surface area contributed by atoms with Gasteiger partial charge < -0.3 is 4.90 Å². The van der Waals surface area contributed by atoms with Crippen LogP contribution >= 0.6 is 0 Å². The average Bonchev–Trinajstić information content (AvgIpc) is 2.16. The zero-order valence-electron chi connectivity index (χ0n) is 9.29. The lowest BCUT2D eigenvalue weighted by Crippen LogP contribution is -2.23. The van der Waals surface area contributed by atoms with E-state index in [-0.39, 0.29) is 5.82 Å². The number of anilines is 1. The standard InChI is InChI=1S/C12H15FN2/c1-9(2)8-15(3)12-5-4-11(13)6-10(12)7-14/h4-6,9H,8H2,1-3H3. The van der Waals surface area contributed by atoms with Crippen LogP contribution in [0.25, 0.3) is 0 Å². The van der Waals surface area contributed by atoms with Gasteiger partial charge in [-0.1, -0.05) is 13.8 Å². The van der Waals surface area contributed by atoms with Crippen molar-refractivity contribution >= 4 is 5.69 Å². The molecule has 0 aliphatic rings. The van der Waals surface area contributed by atoms with Gasteiger partial charge in [0.2, 0.25) is 0 Å². The van der Waals surface area contributed by atoms with Gasteiger partial charge in [-0.3, -0.25) is 0 Å². The normalized spacial score (nSPS) is 10.1. The molecule has 1 aromatic rings. The van der Waals surface area contributed by atoms with E-state index in [0.29, 0.717) is 11.5 Å². The third-order valence-electron chi connectivity index (χ3n) is 2.13. The minimum Gasteiger partial charge on any atom is -0.373 e. The Labute approximate surface area is 89.9 Å². The Morgan fingerprint density at radius 3 is 2.67 bits per heavy atom. The van der Waals surface area contributed by atoms with Crippen LogP contribution in [-0.2, 0) is 0 Å². The van der Waals surface area contributed by atoms with Gasteiger partial charge in [-0.15, -0.1) is 0 Å². The highest BCUT2D eigenvalue weighted by atomic mass is 19.1. The molecule has 0 aliphatic carbocycles. The predicted octanol–water partition coefficient (Wildman–Crippen LogP) is 2.79. The molecular weight excluding hydrogens is 191 g/mol. The quantitative estimate of drug-likeness (QED) is 0.760. The first-order valence-corrected chi connectivity index (χ1v) is 4.95. The highest BCUT2D eigenvalue weighted by Gasteiger charge is 2.09. The molecule has 0 spiro atoms. The van der Waals surface area contributed by atoms with Crippen molar-refractivity contribution in [3.63, 3.8) is 0 Å². The summed E-state index contributed by atoms with van der Waals surface area (Å²) in [4.78, 5) is 1.97. The van der Waals surface area contributed by atoms with Crippen LogP contribution in [-0.4, -0.2) is 13.6 Å². The molecule has 3 heteroatoms. The Balaban J connectivity index is 2.99. The summed E-state index contributed by atoms with van der Waals surface area (Å²) in [6, 6.07) is 6.31. The molecule has 15 heavy (non-hydrogen) atoms. The summed E-state index contributed by atoms with van der Waals surface area (Å²) in [7, 11) is 1.91. The molecule has 0 bridgehead atoms. The van der Waals surface area contributed by atoms with Gasteiger partial charge in [0.15, 0.2) is 0 Å². The lowest BCUT2D eigenvalue weighted by atomic mass is 10.1. The number of hydrogen-bond donors (Lipinski definition) is 0. The van der Waals surface area contributed by atoms with E-state index < -0.39 is 0 Å². The number of rotatable bonds is 3. The van der Waals surface area contributed by atoms with Gasteiger partial charge in [-0.2, -0.15) is 5.26 Å². The zero-order chi connectivity index (χ0) is 11.4. The molecule has 0 heterocycles. The Kier molecular flexibility index (Phi) is 3.68. The van der Waals surface area contributed by atoms with Gasteiger partial charge in [-0.25, -0.2) is 4.39 Å². The van der Waals surface area contributed by atoms with Crippen molar-refractivity contribution in [2.45, 2.75) is 13.8 Å². The lowest BCUT2D eigenvalue weighted by Gasteiger charge is -2.22. The molecule has 0 aliphatic heterocycles. The molecule has 0 amide bonds. The second kappa shape index (κ2) is 4.79. The molecule has 0 radical (unpaired) electrons. The average molecular weight is 206 g/mol. The predicted molar refractivity (Wildman–Crippen MR) is 59.2 cm³/mol. The molecule has 1 aromatic carbocycles. The van der Waals surface area contributed by atoms with Crippen LogP contribution in [0, 0.1) is 23.1 Å². The Hall–Kier alpha value is -1.56. The number of hydrogen-bond acceptors (Lipinski definition) is 2. The molecule has 80 valence electrons. The number of halogens is 1. The molecule has 0 atom stereocenters. The van der Waals surface area contributed by atoms with Crippen LogP contribution in [0.15, 0.2) is 18.2 Å². The summed E-state index contributed by atoms with van der Waals surface area (Å²) >= 11 is 0. The first-order valence-electron chi connectivity index (χ1n) is 4.95. The summed E-state index contributed by atoms with van der Waals surface area (Å²) in [5.41, 5.74) is 1.17. The Morgan fingerprint density at radius 2 is 2.13 bits per heavy atom. The smallest absolute Gasteiger partial charge is 0.124 e. The Bertz CT molecular complexity index is 380. The van der Waals surface area contributed by atoms with Crippen LogP contribution in [0.3, 0.4) is 0 Å². The van der Waals surface area contributed by atoms with Crippen LogP contribution in [0.5, 0.6) is 0 Å². The van der Waals surface area contributed by atoms with Crippen LogP contribution in [0.2, 0.25) is 0 Å². The molecule has 0 saturated heterocycles. The van der Waals surface area contributed by atoms with Crippen LogP contribution < -0.4 is 4.90 Å². The fourth-order valence-corrected chi connectivity index (χ4v) is 1.58. The molecule has 0 N–H and O–H groups in total. The monoisotopic (exact) mass is 206 g/mol. The minimum atomic E-state index is -0.367. The molecule has 0 saturated carbocycles. The Morgan fingerprint density at radius 1 is 1.47 bits per heavy atom. The molecule has 2 nitrogen and oxygen atoms in total. The topological polar surface area (TPSA) is 27.0 Å². The zero-order valence-corrected chi connectivity index (χ0v) is 9.29. The summed E-state index contributed by atoms with van der Waals surface area (Å²) < 4.78 is 12.9. The van der Waals surface area contributed by atoms with E-state index in [1.807, 2.05) is 18.0 Å². The lowest BCUT2D eigenvalue weighted by molar-refractivity contribution is 0.623. The summed E-state index contributed by atoms with van der Waals surface area (Å²) in [5.74, 6) is 0.139. The van der Waals surface area contributed by atoms with E-state index in [4.69, 9.17) is 5.26 Å². The highest BCUT2D eigenvalue weighted by Crippen LogP contribution is 2.20. The van der Waals surface area contributed by atoms with Gasteiger partial charge in [0.25, 0.3) is 0 Å². The van der Waals surface area contributed by atoms with Gasteiger partial charge in [0, 0.05) is 13.6 Å². The van der Waals surface area contributed by atoms with Crippen molar-refractivity contribution in [3.8, 4) is 6.07 Å². The maximum Gasteiger partial charge on any atom is 0.124 e. The third kappa shape index (κ3) is 2.95. The molecular formula is C12H15FN2. The van der Waals surface area contributed by atoms with Crippen molar-refractivity contribution in [1.82, 2.24) is 0 Å². The van der Waals surface area contributed by atoms with E-state index in [2.05, 4.69) is 13.8 Å². The maximum absolute atomic E-state index is 12.9. The maximum atomic E-state index is 12.9. The first kappa shape index (κ1) is 11.5. The van der Waals surface area contributed by atoms with Gasteiger partial charge >= 0.3 is 0 Å². The summed E-state index contributed by atoms with van der Waals surface area (Å²) in [5, 5.41) is 8.88. The molecule has 1 rings (SSSR count). The van der Waals surface area contributed by atoms with Crippen molar-refractivity contribution in [1.29, 1.82) is 5.26 Å². The van der Waals surface area contributed by atoms with E-state index >= 15 is 0 Å². The first-order chi connectivity index (χ1) is 7.04.